The minimum Gasteiger partial charge on any atom is -0.352 e. The van der Waals surface area contributed by atoms with Gasteiger partial charge < -0.3 is 5.32 Å². The second-order valence-corrected chi connectivity index (χ2v) is 5.41. The summed E-state index contributed by atoms with van der Waals surface area (Å²) in [6.07, 6.45) is 3.78. The Morgan fingerprint density at radius 2 is 2.15 bits per heavy atom. The molecule has 0 aliphatic carbocycles. The Morgan fingerprint density at radius 1 is 1.35 bits per heavy atom. The maximum atomic E-state index is 12.0. The third-order valence-electron chi connectivity index (χ3n) is 3.22. The number of amides is 1. The van der Waals surface area contributed by atoms with Gasteiger partial charge in [-0.1, -0.05) is 28.1 Å². The summed E-state index contributed by atoms with van der Waals surface area (Å²) in [4.78, 5) is 19.9. The molecule has 0 saturated heterocycles. The van der Waals surface area contributed by atoms with Gasteiger partial charge in [0.15, 0.2) is 0 Å². The normalized spacial score (nSPS) is 10.3. The summed E-state index contributed by atoms with van der Waals surface area (Å²) in [5.41, 5.74) is 3.65. The van der Waals surface area contributed by atoms with E-state index in [1.54, 1.807) is 13.1 Å². The molecular formula is C15H16BrN3O. The third kappa shape index (κ3) is 3.42. The number of hydrogen-bond donors (Lipinski definition) is 1. The summed E-state index contributed by atoms with van der Waals surface area (Å²) >= 11 is 3.51. The number of nitrogens with one attached hydrogen (secondary N) is 1. The van der Waals surface area contributed by atoms with E-state index in [2.05, 4.69) is 44.2 Å². The Kier molecular flexibility index (Phi) is 4.84. The summed E-state index contributed by atoms with van der Waals surface area (Å²) in [5.74, 6) is -0.129. The largest absolute Gasteiger partial charge is 0.352 e. The molecule has 2 rings (SSSR count). The summed E-state index contributed by atoms with van der Waals surface area (Å²) in [5, 5.41) is 2.90. The highest BCUT2D eigenvalue weighted by atomic mass is 79.9. The number of carbonyl (C=O) groups excluding carboxylic acids is 1. The van der Waals surface area contributed by atoms with Crippen molar-refractivity contribution in [1.82, 2.24) is 15.3 Å². The van der Waals surface area contributed by atoms with Crippen LogP contribution in [0.4, 0.5) is 0 Å². The molecule has 1 heterocycles. The monoisotopic (exact) mass is 333 g/mol. The first-order chi connectivity index (χ1) is 9.59. The number of nitrogens with zero attached hydrogens (tertiary/aromatic N) is 2. The maximum absolute atomic E-state index is 12.0. The van der Waals surface area contributed by atoms with Gasteiger partial charge in [-0.25, -0.2) is 9.97 Å². The van der Waals surface area contributed by atoms with Crippen molar-refractivity contribution in [3.63, 3.8) is 0 Å². The average Bonchev–Trinajstić information content (AvgIpc) is 2.44. The first-order valence-electron chi connectivity index (χ1n) is 6.38. The Labute approximate surface area is 126 Å². The van der Waals surface area contributed by atoms with Crippen molar-refractivity contribution in [2.24, 2.45) is 0 Å². The smallest absolute Gasteiger partial charge is 0.254 e. The van der Waals surface area contributed by atoms with Crippen LogP contribution in [0.15, 0.2) is 35.2 Å². The lowest BCUT2D eigenvalue weighted by Gasteiger charge is -2.09. The lowest BCUT2D eigenvalue weighted by molar-refractivity contribution is 0.0952. The van der Waals surface area contributed by atoms with Crippen LogP contribution in [0.3, 0.4) is 0 Å². The van der Waals surface area contributed by atoms with Gasteiger partial charge in [-0.05, 0) is 37.5 Å². The highest BCUT2D eigenvalue weighted by Gasteiger charge is 2.09. The van der Waals surface area contributed by atoms with Crippen LogP contribution in [-0.2, 0) is 6.42 Å². The minimum atomic E-state index is -0.129. The van der Waals surface area contributed by atoms with E-state index >= 15 is 0 Å². The zero-order chi connectivity index (χ0) is 14.5. The summed E-state index contributed by atoms with van der Waals surface area (Å²) < 4.78 is 1.09. The van der Waals surface area contributed by atoms with Gasteiger partial charge in [0.2, 0.25) is 0 Å². The van der Waals surface area contributed by atoms with Gasteiger partial charge in [0, 0.05) is 17.2 Å². The number of aromatic nitrogens is 2. The molecule has 1 N–H and O–H groups in total. The van der Waals surface area contributed by atoms with Gasteiger partial charge in [0.25, 0.3) is 5.91 Å². The van der Waals surface area contributed by atoms with Crippen LogP contribution in [0.2, 0.25) is 0 Å². The molecule has 0 aliphatic heterocycles. The van der Waals surface area contributed by atoms with Crippen LogP contribution >= 0.6 is 15.9 Å². The van der Waals surface area contributed by atoms with Crippen LogP contribution in [0.5, 0.6) is 0 Å². The van der Waals surface area contributed by atoms with Crippen LogP contribution < -0.4 is 5.32 Å². The summed E-state index contributed by atoms with van der Waals surface area (Å²) in [7, 11) is 0. The van der Waals surface area contributed by atoms with E-state index in [1.165, 1.54) is 17.5 Å². The number of benzene rings is 1. The quantitative estimate of drug-likeness (QED) is 0.935. The van der Waals surface area contributed by atoms with Crippen molar-refractivity contribution in [3.8, 4) is 0 Å². The van der Waals surface area contributed by atoms with Crippen molar-refractivity contribution in [2.45, 2.75) is 20.3 Å². The van der Waals surface area contributed by atoms with E-state index in [0.717, 1.165) is 10.9 Å². The fourth-order valence-electron chi connectivity index (χ4n) is 1.94. The molecule has 104 valence electrons. The van der Waals surface area contributed by atoms with Gasteiger partial charge in [-0.3, -0.25) is 4.79 Å². The molecule has 0 bridgehead atoms. The lowest BCUT2D eigenvalue weighted by Crippen LogP contribution is -2.27. The molecule has 0 spiro atoms. The van der Waals surface area contributed by atoms with Gasteiger partial charge in [-0.15, -0.1) is 0 Å². The van der Waals surface area contributed by atoms with Gasteiger partial charge in [0.05, 0.1) is 11.3 Å². The summed E-state index contributed by atoms with van der Waals surface area (Å²) in [6, 6.07) is 6.09. The average molecular weight is 334 g/mol. The molecule has 0 aliphatic rings. The number of aryl methyl sites for hydroxylation is 1. The predicted molar refractivity (Wildman–Crippen MR) is 81.7 cm³/mol. The zero-order valence-corrected chi connectivity index (χ0v) is 13.1. The van der Waals surface area contributed by atoms with E-state index in [-0.39, 0.29) is 5.91 Å². The molecular weight excluding hydrogens is 318 g/mol. The Bertz CT molecular complexity index is 628. The summed E-state index contributed by atoms with van der Waals surface area (Å²) in [6.45, 7) is 4.45. The Morgan fingerprint density at radius 3 is 2.90 bits per heavy atom. The molecule has 5 heteroatoms. The Hall–Kier alpha value is -1.75. The van der Waals surface area contributed by atoms with E-state index in [4.69, 9.17) is 0 Å². The molecule has 0 unspecified atom stereocenters. The lowest BCUT2D eigenvalue weighted by atomic mass is 10.1. The number of hydrogen-bond acceptors (Lipinski definition) is 3. The van der Waals surface area contributed by atoms with Crippen LogP contribution in [0.25, 0.3) is 0 Å². The number of halogens is 1. The first kappa shape index (κ1) is 14.7. The SMILES string of the molecule is Cc1ncncc1C(=O)NCCc1cccc(Br)c1C. The highest BCUT2D eigenvalue weighted by molar-refractivity contribution is 9.10. The van der Waals surface area contributed by atoms with Crippen molar-refractivity contribution < 1.29 is 4.79 Å². The molecule has 2 aromatic rings. The molecule has 4 nitrogen and oxygen atoms in total. The van der Waals surface area contributed by atoms with Crippen LogP contribution in [-0.4, -0.2) is 22.4 Å². The molecule has 0 fully saturated rings. The molecule has 20 heavy (non-hydrogen) atoms. The molecule has 0 radical (unpaired) electrons. The predicted octanol–water partition coefficient (Wildman–Crippen LogP) is 2.83. The molecule has 1 amide bonds. The molecule has 1 aromatic heterocycles. The molecule has 0 saturated carbocycles. The van der Waals surface area contributed by atoms with Gasteiger partial charge in [-0.2, -0.15) is 0 Å². The van der Waals surface area contributed by atoms with Crippen molar-refractivity contribution in [1.29, 1.82) is 0 Å². The second-order valence-electron chi connectivity index (χ2n) is 4.55. The third-order valence-corrected chi connectivity index (χ3v) is 4.07. The fraction of sp³-hybridized carbons (Fsp3) is 0.267. The van der Waals surface area contributed by atoms with Crippen molar-refractivity contribution in [3.05, 3.63) is 57.6 Å². The van der Waals surface area contributed by atoms with E-state index in [1.807, 2.05) is 12.1 Å². The maximum Gasteiger partial charge on any atom is 0.254 e. The molecule has 0 atom stereocenters. The minimum absolute atomic E-state index is 0.129. The first-order valence-corrected chi connectivity index (χ1v) is 7.17. The van der Waals surface area contributed by atoms with Gasteiger partial charge in [0.1, 0.15) is 6.33 Å². The van der Waals surface area contributed by atoms with Crippen molar-refractivity contribution in [2.75, 3.05) is 6.54 Å². The van der Waals surface area contributed by atoms with Gasteiger partial charge >= 0.3 is 0 Å². The van der Waals surface area contributed by atoms with Crippen LogP contribution in [0.1, 0.15) is 27.2 Å². The standard InChI is InChI=1S/C15H16BrN3O/c1-10-12(4-3-5-14(10)16)6-7-18-15(20)13-8-17-9-19-11(13)2/h3-5,8-9H,6-7H2,1-2H3,(H,18,20). The zero-order valence-electron chi connectivity index (χ0n) is 11.5. The Balaban J connectivity index is 1.95. The number of carbonyl (C=O) groups is 1. The highest BCUT2D eigenvalue weighted by Crippen LogP contribution is 2.19. The van der Waals surface area contributed by atoms with E-state index < -0.39 is 0 Å². The second kappa shape index (κ2) is 6.61. The van der Waals surface area contributed by atoms with Crippen LogP contribution in [0, 0.1) is 13.8 Å². The van der Waals surface area contributed by atoms with Crippen molar-refractivity contribution >= 4 is 21.8 Å². The topological polar surface area (TPSA) is 54.9 Å². The number of rotatable bonds is 4. The fourth-order valence-corrected chi connectivity index (χ4v) is 2.35. The van der Waals surface area contributed by atoms with E-state index in [0.29, 0.717) is 17.8 Å². The van der Waals surface area contributed by atoms with E-state index in [9.17, 15) is 4.79 Å². The molecule has 1 aromatic carbocycles.